The zero-order valence-electron chi connectivity index (χ0n) is 14.6. The van der Waals surface area contributed by atoms with Gasteiger partial charge in [0, 0.05) is 30.8 Å². The first-order chi connectivity index (χ1) is 11.9. The Morgan fingerprint density at radius 1 is 1.44 bits per heavy atom. The molecule has 1 aliphatic rings. The summed E-state index contributed by atoms with van der Waals surface area (Å²) in [6.07, 6.45) is 6.70. The molecule has 1 heterocycles. The van der Waals surface area contributed by atoms with Crippen molar-refractivity contribution in [3.63, 3.8) is 0 Å². The van der Waals surface area contributed by atoms with Gasteiger partial charge in [-0.2, -0.15) is 5.10 Å². The van der Waals surface area contributed by atoms with Crippen LogP contribution in [0.4, 0.5) is 4.39 Å². The van der Waals surface area contributed by atoms with Gasteiger partial charge < -0.3 is 10.4 Å². The van der Waals surface area contributed by atoms with Crippen molar-refractivity contribution in [1.82, 2.24) is 15.1 Å². The zero-order valence-corrected chi connectivity index (χ0v) is 14.6. The van der Waals surface area contributed by atoms with E-state index < -0.39 is 17.8 Å². The predicted octanol–water partition coefficient (Wildman–Crippen LogP) is 2.90. The van der Waals surface area contributed by atoms with E-state index in [1.165, 1.54) is 6.07 Å². The summed E-state index contributed by atoms with van der Waals surface area (Å²) in [5.74, 6) is -1.01. The van der Waals surface area contributed by atoms with Gasteiger partial charge in [-0.1, -0.05) is 25.8 Å². The first-order valence-electron chi connectivity index (χ1n) is 8.64. The van der Waals surface area contributed by atoms with E-state index >= 15 is 0 Å². The maximum atomic E-state index is 14.1. The fourth-order valence-corrected chi connectivity index (χ4v) is 3.41. The standard InChI is InChI=1S/C19H24FN3O2/c1-19(8-4-3-5-17(19)24)12-21-18(25)15-9-13(6-7-16(15)20)14-10-22-23(2)11-14/h6-7,9-11,17,24H,3-5,8,12H2,1-2H3,(H,21,25). The van der Waals surface area contributed by atoms with Crippen LogP contribution in [0.1, 0.15) is 43.0 Å². The molecule has 134 valence electrons. The van der Waals surface area contributed by atoms with E-state index in [4.69, 9.17) is 0 Å². The Kier molecular flexibility index (Phi) is 4.90. The molecule has 0 radical (unpaired) electrons. The summed E-state index contributed by atoms with van der Waals surface area (Å²) in [4.78, 5) is 12.5. The largest absolute Gasteiger partial charge is 0.392 e. The number of nitrogens with one attached hydrogen (secondary N) is 1. The number of rotatable bonds is 4. The van der Waals surface area contributed by atoms with Crippen molar-refractivity contribution in [1.29, 1.82) is 0 Å². The number of aromatic nitrogens is 2. The van der Waals surface area contributed by atoms with E-state index in [1.807, 2.05) is 13.1 Å². The fraction of sp³-hybridized carbons (Fsp3) is 0.474. The molecule has 3 rings (SSSR count). The lowest BCUT2D eigenvalue weighted by atomic mass is 9.73. The van der Waals surface area contributed by atoms with Crippen molar-refractivity contribution in [2.24, 2.45) is 12.5 Å². The SMILES string of the molecule is Cn1cc(-c2ccc(F)c(C(=O)NCC3(C)CCCCC3O)c2)cn1. The lowest BCUT2D eigenvalue weighted by molar-refractivity contribution is 0.00188. The van der Waals surface area contributed by atoms with Crippen LogP contribution in [0.3, 0.4) is 0 Å². The molecule has 6 heteroatoms. The Morgan fingerprint density at radius 2 is 2.24 bits per heavy atom. The summed E-state index contributed by atoms with van der Waals surface area (Å²) < 4.78 is 15.8. The van der Waals surface area contributed by atoms with Gasteiger partial charge in [-0.15, -0.1) is 0 Å². The minimum atomic E-state index is -0.556. The number of carbonyl (C=O) groups excluding carboxylic acids is 1. The number of aryl methyl sites for hydroxylation is 1. The Morgan fingerprint density at radius 3 is 2.92 bits per heavy atom. The monoisotopic (exact) mass is 345 g/mol. The van der Waals surface area contributed by atoms with E-state index in [9.17, 15) is 14.3 Å². The number of carbonyl (C=O) groups is 1. The van der Waals surface area contributed by atoms with E-state index in [0.29, 0.717) is 6.54 Å². The molecular formula is C19H24FN3O2. The van der Waals surface area contributed by atoms with Crippen molar-refractivity contribution < 1.29 is 14.3 Å². The van der Waals surface area contributed by atoms with Gasteiger partial charge in [0.05, 0.1) is 17.9 Å². The summed E-state index contributed by atoms with van der Waals surface area (Å²) in [7, 11) is 1.80. The second kappa shape index (κ2) is 6.96. The lowest BCUT2D eigenvalue weighted by Gasteiger charge is -2.38. The minimum absolute atomic E-state index is 0.00949. The summed E-state index contributed by atoms with van der Waals surface area (Å²) in [5, 5.41) is 17.1. The number of halogens is 1. The highest BCUT2D eigenvalue weighted by molar-refractivity contribution is 5.95. The number of aliphatic hydroxyl groups excluding tert-OH is 1. The minimum Gasteiger partial charge on any atom is -0.392 e. The first-order valence-corrected chi connectivity index (χ1v) is 8.64. The summed E-state index contributed by atoms with van der Waals surface area (Å²) in [5.41, 5.74) is 1.22. The third-order valence-electron chi connectivity index (χ3n) is 5.18. The average molecular weight is 345 g/mol. The molecule has 0 saturated heterocycles. The Bertz CT molecular complexity index is 774. The normalized spacial score (nSPS) is 23.4. The number of hydrogen-bond donors (Lipinski definition) is 2. The molecular weight excluding hydrogens is 321 g/mol. The van der Waals surface area contributed by atoms with E-state index in [1.54, 1.807) is 30.1 Å². The van der Waals surface area contributed by atoms with Crippen LogP contribution in [-0.2, 0) is 7.05 Å². The van der Waals surface area contributed by atoms with E-state index in [2.05, 4.69) is 10.4 Å². The van der Waals surface area contributed by atoms with Crippen LogP contribution < -0.4 is 5.32 Å². The third-order valence-corrected chi connectivity index (χ3v) is 5.18. The zero-order chi connectivity index (χ0) is 18.0. The number of nitrogens with zero attached hydrogens (tertiary/aromatic N) is 2. The van der Waals surface area contributed by atoms with Crippen LogP contribution in [0, 0.1) is 11.2 Å². The number of amides is 1. The summed E-state index contributed by atoms with van der Waals surface area (Å²) >= 11 is 0. The molecule has 2 unspecified atom stereocenters. The van der Waals surface area contributed by atoms with Crippen LogP contribution in [0.5, 0.6) is 0 Å². The Balaban J connectivity index is 1.75. The molecule has 2 aromatic rings. The van der Waals surface area contributed by atoms with Crippen molar-refractivity contribution in [3.05, 3.63) is 42.0 Å². The van der Waals surface area contributed by atoms with Crippen molar-refractivity contribution in [2.75, 3.05) is 6.54 Å². The van der Waals surface area contributed by atoms with Crippen molar-refractivity contribution in [2.45, 2.75) is 38.7 Å². The molecule has 0 aliphatic heterocycles. The number of hydrogen-bond acceptors (Lipinski definition) is 3. The van der Waals surface area contributed by atoms with Gasteiger partial charge >= 0.3 is 0 Å². The Hall–Kier alpha value is -2.21. The molecule has 1 saturated carbocycles. The smallest absolute Gasteiger partial charge is 0.254 e. The fourth-order valence-electron chi connectivity index (χ4n) is 3.41. The van der Waals surface area contributed by atoms with Crippen LogP contribution in [0.25, 0.3) is 11.1 Å². The topological polar surface area (TPSA) is 67.2 Å². The second-order valence-corrected chi connectivity index (χ2v) is 7.20. The second-order valence-electron chi connectivity index (χ2n) is 7.20. The quantitative estimate of drug-likeness (QED) is 0.895. The average Bonchev–Trinajstić information content (AvgIpc) is 3.02. The van der Waals surface area contributed by atoms with Crippen LogP contribution in [-0.4, -0.2) is 33.4 Å². The maximum Gasteiger partial charge on any atom is 0.254 e. The highest BCUT2D eigenvalue weighted by Crippen LogP contribution is 2.35. The molecule has 1 fully saturated rings. The number of benzene rings is 1. The highest BCUT2D eigenvalue weighted by atomic mass is 19.1. The van der Waals surface area contributed by atoms with Gasteiger partial charge in [-0.05, 0) is 30.5 Å². The van der Waals surface area contributed by atoms with E-state index in [-0.39, 0.29) is 11.0 Å². The molecule has 1 aromatic carbocycles. The maximum absolute atomic E-state index is 14.1. The number of aliphatic hydroxyl groups is 1. The van der Waals surface area contributed by atoms with E-state index in [0.717, 1.165) is 36.8 Å². The predicted molar refractivity (Wildman–Crippen MR) is 93.5 cm³/mol. The van der Waals surface area contributed by atoms with Crippen LogP contribution in [0.2, 0.25) is 0 Å². The molecule has 2 N–H and O–H groups in total. The van der Waals surface area contributed by atoms with Crippen LogP contribution in [0.15, 0.2) is 30.6 Å². The van der Waals surface area contributed by atoms with Crippen LogP contribution >= 0.6 is 0 Å². The van der Waals surface area contributed by atoms with Crippen molar-refractivity contribution >= 4 is 5.91 Å². The molecule has 2 atom stereocenters. The summed E-state index contributed by atoms with van der Waals surface area (Å²) in [6, 6.07) is 4.48. The first kappa shape index (κ1) is 17.6. The molecule has 5 nitrogen and oxygen atoms in total. The molecule has 0 bridgehead atoms. The highest BCUT2D eigenvalue weighted by Gasteiger charge is 2.35. The molecule has 1 aliphatic carbocycles. The lowest BCUT2D eigenvalue weighted by Crippen LogP contribution is -2.45. The van der Waals surface area contributed by atoms with Crippen molar-refractivity contribution in [3.8, 4) is 11.1 Å². The van der Waals surface area contributed by atoms with Gasteiger partial charge in [0.15, 0.2) is 0 Å². The van der Waals surface area contributed by atoms with Gasteiger partial charge in [0.1, 0.15) is 5.82 Å². The molecule has 1 amide bonds. The molecule has 25 heavy (non-hydrogen) atoms. The van der Waals surface area contributed by atoms with Gasteiger partial charge in [-0.3, -0.25) is 9.48 Å². The van der Waals surface area contributed by atoms with Gasteiger partial charge in [0.25, 0.3) is 5.91 Å². The van der Waals surface area contributed by atoms with Gasteiger partial charge in [-0.25, -0.2) is 4.39 Å². The molecule has 1 aromatic heterocycles. The Labute approximate surface area is 146 Å². The van der Waals surface area contributed by atoms with Gasteiger partial charge in [0.2, 0.25) is 0 Å². The third kappa shape index (κ3) is 3.74. The molecule has 0 spiro atoms. The summed E-state index contributed by atoms with van der Waals surface area (Å²) in [6.45, 7) is 2.31.